The third-order valence-corrected chi connectivity index (χ3v) is 3.65. The van der Waals surface area contributed by atoms with Gasteiger partial charge in [0.1, 0.15) is 5.82 Å². The van der Waals surface area contributed by atoms with Gasteiger partial charge in [0.05, 0.1) is 11.4 Å². The number of benzene rings is 2. The Labute approximate surface area is 132 Å². The van der Waals surface area contributed by atoms with E-state index in [1.807, 2.05) is 32.0 Å². The lowest BCUT2D eigenvalue weighted by Gasteiger charge is -2.11. The molecule has 23 heavy (non-hydrogen) atoms. The van der Waals surface area contributed by atoms with Crippen LogP contribution in [-0.2, 0) is 0 Å². The number of aromatic nitrogens is 2. The summed E-state index contributed by atoms with van der Waals surface area (Å²) in [5.74, 6) is -1.44. The first kappa shape index (κ1) is 15.0. The Balaban J connectivity index is 2.22. The molecule has 2 aromatic carbocycles. The molecule has 0 saturated carbocycles. The van der Waals surface area contributed by atoms with Crippen molar-refractivity contribution in [3.8, 4) is 16.9 Å². The molecule has 1 N–H and O–H groups in total. The second-order valence-corrected chi connectivity index (χ2v) is 5.43. The van der Waals surface area contributed by atoms with E-state index in [1.54, 1.807) is 16.8 Å². The Morgan fingerprint density at radius 1 is 1.09 bits per heavy atom. The molecule has 0 saturated heterocycles. The van der Waals surface area contributed by atoms with Crippen LogP contribution in [-0.4, -0.2) is 20.9 Å². The maximum Gasteiger partial charge on any atom is 0.356 e. The molecule has 1 aromatic heterocycles. The number of rotatable bonds is 3. The number of hydrogen-bond acceptors (Lipinski definition) is 2. The van der Waals surface area contributed by atoms with Gasteiger partial charge in [0.15, 0.2) is 5.69 Å². The van der Waals surface area contributed by atoms with Crippen LogP contribution >= 0.6 is 0 Å². The molecule has 0 spiro atoms. The number of carboxylic acid groups (broad SMARTS) is 1. The van der Waals surface area contributed by atoms with E-state index in [0.29, 0.717) is 11.3 Å². The van der Waals surface area contributed by atoms with E-state index in [-0.39, 0.29) is 11.5 Å². The topological polar surface area (TPSA) is 55.1 Å². The summed E-state index contributed by atoms with van der Waals surface area (Å²) < 4.78 is 14.7. The summed E-state index contributed by atoms with van der Waals surface area (Å²) >= 11 is 0. The molecule has 3 rings (SSSR count). The molecule has 5 heteroatoms. The van der Waals surface area contributed by atoms with Crippen LogP contribution in [0, 0.1) is 19.7 Å². The predicted octanol–water partition coefficient (Wildman–Crippen LogP) is 3.99. The van der Waals surface area contributed by atoms with Crippen LogP contribution in [0.4, 0.5) is 4.39 Å². The Kier molecular flexibility index (Phi) is 3.70. The predicted molar refractivity (Wildman–Crippen MR) is 85.4 cm³/mol. The molecule has 0 atom stereocenters. The maximum absolute atomic E-state index is 13.2. The van der Waals surface area contributed by atoms with E-state index in [2.05, 4.69) is 5.10 Å². The molecular formula is C18H15FN2O2. The van der Waals surface area contributed by atoms with Crippen LogP contribution in [0.3, 0.4) is 0 Å². The van der Waals surface area contributed by atoms with E-state index in [0.717, 1.165) is 16.8 Å². The summed E-state index contributed by atoms with van der Waals surface area (Å²) in [6.07, 6.45) is 0. The van der Waals surface area contributed by atoms with Gasteiger partial charge in [-0.05, 0) is 55.8 Å². The zero-order valence-corrected chi connectivity index (χ0v) is 12.7. The van der Waals surface area contributed by atoms with Crippen LogP contribution in [0.25, 0.3) is 16.9 Å². The molecule has 3 aromatic rings. The van der Waals surface area contributed by atoms with Crippen molar-refractivity contribution in [2.24, 2.45) is 0 Å². The summed E-state index contributed by atoms with van der Waals surface area (Å²) in [6.45, 7) is 3.93. The minimum atomic E-state index is -1.10. The molecular weight excluding hydrogens is 295 g/mol. The fraction of sp³-hybridized carbons (Fsp3) is 0.111. The molecule has 0 aliphatic heterocycles. The Morgan fingerprint density at radius 3 is 2.39 bits per heavy atom. The van der Waals surface area contributed by atoms with Gasteiger partial charge in [-0.25, -0.2) is 13.9 Å². The van der Waals surface area contributed by atoms with Crippen LogP contribution in [0.5, 0.6) is 0 Å². The number of halogens is 1. The molecule has 0 unspecified atom stereocenters. The number of hydrogen-bond donors (Lipinski definition) is 1. The van der Waals surface area contributed by atoms with Crippen molar-refractivity contribution in [2.45, 2.75) is 13.8 Å². The van der Waals surface area contributed by atoms with Gasteiger partial charge in [0.2, 0.25) is 0 Å². The first-order valence-corrected chi connectivity index (χ1v) is 7.12. The minimum Gasteiger partial charge on any atom is -0.476 e. The fourth-order valence-electron chi connectivity index (χ4n) is 2.54. The SMILES string of the molecule is Cc1ccc(-n2nc(C(=O)O)cc2-c2ccc(F)cc2)c(C)c1. The van der Waals surface area contributed by atoms with Crippen LogP contribution in [0.1, 0.15) is 21.6 Å². The Bertz CT molecular complexity index is 883. The molecule has 0 bridgehead atoms. The van der Waals surface area contributed by atoms with Crippen molar-refractivity contribution in [3.05, 3.63) is 71.2 Å². The lowest BCUT2D eigenvalue weighted by molar-refractivity contribution is 0.0690. The summed E-state index contributed by atoms with van der Waals surface area (Å²) in [5, 5.41) is 13.4. The lowest BCUT2D eigenvalue weighted by atomic mass is 10.1. The smallest absolute Gasteiger partial charge is 0.356 e. The van der Waals surface area contributed by atoms with E-state index < -0.39 is 5.97 Å². The third kappa shape index (κ3) is 2.85. The van der Waals surface area contributed by atoms with Gasteiger partial charge in [0, 0.05) is 5.56 Å². The number of aromatic carboxylic acids is 1. The number of carboxylic acids is 1. The van der Waals surface area contributed by atoms with Crippen molar-refractivity contribution >= 4 is 5.97 Å². The van der Waals surface area contributed by atoms with E-state index in [4.69, 9.17) is 0 Å². The number of aryl methyl sites for hydroxylation is 2. The summed E-state index contributed by atoms with van der Waals surface area (Å²) in [7, 11) is 0. The molecule has 116 valence electrons. The van der Waals surface area contributed by atoms with Crippen LogP contribution < -0.4 is 0 Å². The molecule has 0 aliphatic rings. The van der Waals surface area contributed by atoms with Gasteiger partial charge in [-0.1, -0.05) is 17.7 Å². The fourth-order valence-corrected chi connectivity index (χ4v) is 2.54. The van der Waals surface area contributed by atoms with Crippen LogP contribution in [0.2, 0.25) is 0 Å². The molecule has 0 amide bonds. The monoisotopic (exact) mass is 310 g/mol. The Morgan fingerprint density at radius 2 is 1.78 bits per heavy atom. The minimum absolute atomic E-state index is 0.0516. The standard InChI is InChI=1S/C18H15FN2O2/c1-11-3-8-16(12(2)9-11)21-17(10-15(20-21)18(22)23)13-4-6-14(19)7-5-13/h3-10H,1-2H3,(H,22,23). The zero-order chi connectivity index (χ0) is 16.6. The van der Waals surface area contributed by atoms with Crippen molar-refractivity contribution in [2.75, 3.05) is 0 Å². The average Bonchev–Trinajstić information content (AvgIpc) is 2.93. The molecule has 0 fully saturated rings. The lowest BCUT2D eigenvalue weighted by Crippen LogP contribution is -2.04. The van der Waals surface area contributed by atoms with Gasteiger partial charge in [-0.3, -0.25) is 0 Å². The Hall–Kier alpha value is -2.95. The highest BCUT2D eigenvalue weighted by Gasteiger charge is 2.17. The first-order valence-electron chi connectivity index (χ1n) is 7.12. The van der Waals surface area contributed by atoms with Crippen molar-refractivity contribution < 1.29 is 14.3 Å². The summed E-state index contributed by atoms with van der Waals surface area (Å²) in [5.41, 5.74) is 4.14. The maximum atomic E-state index is 13.2. The zero-order valence-electron chi connectivity index (χ0n) is 12.7. The quantitative estimate of drug-likeness (QED) is 0.795. The highest BCUT2D eigenvalue weighted by molar-refractivity contribution is 5.87. The molecule has 1 heterocycles. The highest BCUT2D eigenvalue weighted by Crippen LogP contribution is 2.26. The van der Waals surface area contributed by atoms with Crippen molar-refractivity contribution in [1.29, 1.82) is 0 Å². The first-order chi connectivity index (χ1) is 11.0. The van der Waals surface area contributed by atoms with Crippen molar-refractivity contribution in [1.82, 2.24) is 9.78 Å². The molecule has 0 aliphatic carbocycles. The average molecular weight is 310 g/mol. The van der Waals surface area contributed by atoms with E-state index in [9.17, 15) is 14.3 Å². The van der Waals surface area contributed by atoms with Gasteiger partial charge in [0.25, 0.3) is 0 Å². The second-order valence-electron chi connectivity index (χ2n) is 5.43. The molecule has 0 radical (unpaired) electrons. The van der Waals surface area contributed by atoms with E-state index >= 15 is 0 Å². The van der Waals surface area contributed by atoms with Gasteiger partial charge < -0.3 is 5.11 Å². The van der Waals surface area contributed by atoms with Crippen LogP contribution in [0.15, 0.2) is 48.5 Å². The second kappa shape index (κ2) is 5.68. The number of nitrogens with zero attached hydrogens (tertiary/aromatic N) is 2. The normalized spacial score (nSPS) is 10.7. The summed E-state index contributed by atoms with van der Waals surface area (Å²) in [6, 6.07) is 13.2. The molecule has 4 nitrogen and oxygen atoms in total. The van der Waals surface area contributed by atoms with Gasteiger partial charge in [-0.2, -0.15) is 5.10 Å². The van der Waals surface area contributed by atoms with Gasteiger partial charge in [-0.15, -0.1) is 0 Å². The third-order valence-electron chi connectivity index (χ3n) is 3.65. The van der Waals surface area contributed by atoms with E-state index in [1.165, 1.54) is 18.2 Å². The number of carbonyl (C=O) groups is 1. The summed E-state index contributed by atoms with van der Waals surface area (Å²) in [4.78, 5) is 11.3. The van der Waals surface area contributed by atoms with Crippen molar-refractivity contribution in [3.63, 3.8) is 0 Å². The van der Waals surface area contributed by atoms with Gasteiger partial charge >= 0.3 is 5.97 Å². The largest absolute Gasteiger partial charge is 0.476 e. The highest BCUT2D eigenvalue weighted by atomic mass is 19.1.